The van der Waals surface area contributed by atoms with E-state index in [1.165, 1.54) is 0 Å². The molecule has 7 nitrogen and oxygen atoms in total. The summed E-state index contributed by atoms with van der Waals surface area (Å²) in [6.07, 6.45) is 0. The number of aromatic nitrogens is 1. The summed E-state index contributed by atoms with van der Waals surface area (Å²) in [6.45, 7) is -0.0962. The largest absolute Gasteiger partial charge is 0.497 e. The summed E-state index contributed by atoms with van der Waals surface area (Å²) in [7, 11) is 3.20. The van der Waals surface area contributed by atoms with Gasteiger partial charge in [-0.3, -0.25) is 4.79 Å². The number of carbonyl (C=O) groups is 1. The van der Waals surface area contributed by atoms with Gasteiger partial charge in [0.1, 0.15) is 22.8 Å². The molecular weight excluding hydrogens is 384 g/mol. The van der Waals surface area contributed by atoms with Gasteiger partial charge in [0.15, 0.2) is 12.2 Å². The molecule has 0 bridgehead atoms. The van der Waals surface area contributed by atoms with Crippen molar-refractivity contribution in [2.75, 3.05) is 26.1 Å². The SMILES string of the molecule is COc1ccc(OCC(=O)Nc2ccc(-c3nc4cc(OC)ccc4o3)cc2)cc1. The Bertz CT molecular complexity index is 1150. The summed E-state index contributed by atoms with van der Waals surface area (Å²) in [4.78, 5) is 16.6. The molecule has 0 fully saturated rings. The fourth-order valence-electron chi connectivity index (χ4n) is 2.87. The van der Waals surface area contributed by atoms with Crippen molar-refractivity contribution in [1.82, 2.24) is 4.98 Å². The van der Waals surface area contributed by atoms with Crippen LogP contribution >= 0.6 is 0 Å². The highest BCUT2D eigenvalue weighted by molar-refractivity contribution is 5.92. The maximum atomic E-state index is 12.1. The molecule has 1 heterocycles. The molecule has 7 heteroatoms. The number of rotatable bonds is 7. The third kappa shape index (κ3) is 4.35. The fourth-order valence-corrected chi connectivity index (χ4v) is 2.87. The lowest BCUT2D eigenvalue weighted by Crippen LogP contribution is -2.20. The van der Waals surface area contributed by atoms with Gasteiger partial charge in [-0.2, -0.15) is 0 Å². The molecule has 1 amide bonds. The van der Waals surface area contributed by atoms with Crippen molar-refractivity contribution in [2.45, 2.75) is 0 Å². The lowest BCUT2D eigenvalue weighted by Gasteiger charge is -2.08. The Labute approximate surface area is 173 Å². The predicted octanol–water partition coefficient (Wildman–Crippen LogP) is 4.53. The highest BCUT2D eigenvalue weighted by Crippen LogP contribution is 2.27. The molecule has 30 heavy (non-hydrogen) atoms. The van der Waals surface area contributed by atoms with E-state index in [0.717, 1.165) is 22.6 Å². The maximum Gasteiger partial charge on any atom is 0.262 e. The van der Waals surface area contributed by atoms with E-state index in [1.54, 1.807) is 50.6 Å². The second-order valence-corrected chi connectivity index (χ2v) is 6.44. The van der Waals surface area contributed by atoms with Crippen molar-refractivity contribution in [3.8, 4) is 28.7 Å². The Morgan fingerprint density at radius 1 is 0.900 bits per heavy atom. The van der Waals surface area contributed by atoms with E-state index in [4.69, 9.17) is 18.6 Å². The van der Waals surface area contributed by atoms with Crippen LogP contribution in [0.5, 0.6) is 17.2 Å². The number of methoxy groups -OCH3 is 2. The third-order valence-corrected chi connectivity index (χ3v) is 4.44. The van der Waals surface area contributed by atoms with Crippen LogP contribution in [0.4, 0.5) is 5.69 Å². The van der Waals surface area contributed by atoms with Crippen LogP contribution < -0.4 is 19.5 Å². The van der Waals surface area contributed by atoms with Crippen LogP contribution in [0, 0.1) is 0 Å². The topological polar surface area (TPSA) is 82.8 Å². The Morgan fingerprint density at radius 2 is 1.57 bits per heavy atom. The number of benzene rings is 3. The average molecular weight is 404 g/mol. The minimum atomic E-state index is -0.257. The number of fused-ring (bicyclic) bond motifs is 1. The van der Waals surface area contributed by atoms with Crippen LogP contribution in [-0.4, -0.2) is 31.7 Å². The molecule has 0 aliphatic carbocycles. The van der Waals surface area contributed by atoms with Gasteiger partial charge in [-0.25, -0.2) is 4.98 Å². The minimum absolute atomic E-state index is 0.0962. The number of anilines is 1. The van der Waals surface area contributed by atoms with Gasteiger partial charge >= 0.3 is 0 Å². The molecule has 4 aromatic rings. The molecule has 4 rings (SSSR count). The lowest BCUT2D eigenvalue weighted by atomic mass is 10.2. The second-order valence-electron chi connectivity index (χ2n) is 6.44. The van der Waals surface area contributed by atoms with Gasteiger partial charge in [-0.1, -0.05) is 0 Å². The van der Waals surface area contributed by atoms with E-state index < -0.39 is 0 Å². The summed E-state index contributed by atoms with van der Waals surface area (Å²) in [6, 6.07) is 19.7. The first-order chi connectivity index (χ1) is 14.6. The summed E-state index contributed by atoms with van der Waals surface area (Å²) >= 11 is 0. The first kappa shape index (κ1) is 19.3. The van der Waals surface area contributed by atoms with E-state index in [1.807, 2.05) is 30.3 Å². The molecular formula is C23H20N2O5. The zero-order chi connectivity index (χ0) is 20.9. The molecule has 0 spiro atoms. The number of nitrogens with zero attached hydrogens (tertiary/aromatic N) is 1. The van der Waals surface area contributed by atoms with Gasteiger partial charge in [-0.05, 0) is 60.7 Å². The molecule has 0 saturated heterocycles. The normalized spacial score (nSPS) is 10.6. The fraction of sp³-hybridized carbons (Fsp3) is 0.130. The van der Waals surface area contributed by atoms with Crippen LogP contribution in [0.25, 0.3) is 22.6 Å². The minimum Gasteiger partial charge on any atom is -0.497 e. The Kier molecular flexibility index (Phi) is 5.52. The highest BCUT2D eigenvalue weighted by atomic mass is 16.5. The molecule has 1 N–H and O–H groups in total. The van der Waals surface area contributed by atoms with Crippen molar-refractivity contribution in [1.29, 1.82) is 0 Å². The van der Waals surface area contributed by atoms with Crippen LogP contribution in [0.3, 0.4) is 0 Å². The van der Waals surface area contributed by atoms with Gasteiger partial charge in [0.2, 0.25) is 5.89 Å². The zero-order valence-electron chi connectivity index (χ0n) is 16.5. The maximum absolute atomic E-state index is 12.1. The van der Waals surface area contributed by atoms with Crippen molar-refractivity contribution >= 4 is 22.7 Å². The van der Waals surface area contributed by atoms with Crippen LogP contribution in [-0.2, 0) is 4.79 Å². The number of oxazole rings is 1. The summed E-state index contributed by atoms with van der Waals surface area (Å²) in [5.74, 6) is 2.28. The molecule has 152 valence electrons. The van der Waals surface area contributed by atoms with E-state index in [-0.39, 0.29) is 12.5 Å². The van der Waals surface area contributed by atoms with Gasteiger partial charge in [0.25, 0.3) is 5.91 Å². The van der Waals surface area contributed by atoms with Crippen molar-refractivity contribution in [3.05, 3.63) is 66.7 Å². The standard InChI is InChI=1S/C23H20N2O5/c1-27-17-7-9-18(10-8-17)29-14-22(26)24-16-5-3-15(4-6-16)23-25-20-13-19(28-2)11-12-21(20)30-23/h3-13H,14H2,1-2H3,(H,24,26). The van der Waals surface area contributed by atoms with Crippen molar-refractivity contribution < 1.29 is 23.4 Å². The molecule has 3 aromatic carbocycles. The number of carbonyl (C=O) groups excluding carboxylic acids is 1. The Hall–Kier alpha value is -4.00. The number of ether oxygens (including phenoxy) is 3. The molecule has 0 saturated carbocycles. The molecule has 0 atom stereocenters. The third-order valence-electron chi connectivity index (χ3n) is 4.44. The first-order valence-electron chi connectivity index (χ1n) is 9.26. The summed E-state index contributed by atoms with van der Waals surface area (Å²) in [5, 5.41) is 2.80. The zero-order valence-corrected chi connectivity index (χ0v) is 16.5. The first-order valence-corrected chi connectivity index (χ1v) is 9.26. The van der Waals surface area contributed by atoms with Gasteiger partial charge in [-0.15, -0.1) is 0 Å². The smallest absolute Gasteiger partial charge is 0.262 e. The summed E-state index contributed by atoms with van der Waals surface area (Å²) in [5.41, 5.74) is 2.86. The van der Waals surface area contributed by atoms with Gasteiger partial charge < -0.3 is 23.9 Å². The average Bonchev–Trinajstić information content (AvgIpc) is 3.22. The van der Waals surface area contributed by atoms with Gasteiger partial charge in [0.05, 0.1) is 14.2 Å². The van der Waals surface area contributed by atoms with Crippen LogP contribution in [0.2, 0.25) is 0 Å². The second kappa shape index (κ2) is 8.57. The molecule has 0 aliphatic heterocycles. The number of hydrogen-bond donors (Lipinski definition) is 1. The molecule has 0 unspecified atom stereocenters. The van der Waals surface area contributed by atoms with E-state index in [0.29, 0.717) is 22.9 Å². The van der Waals surface area contributed by atoms with Crippen molar-refractivity contribution in [2.24, 2.45) is 0 Å². The Balaban J connectivity index is 1.37. The highest BCUT2D eigenvalue weighted by Gasteiger charge is 2.10. The molecule has 0 aliphatic rings. The predicted molar refractivity (Wildman–Crippen MR) is 113 cm³/mol. The number of amides is 1. The lowest BCUT2D eigenvalue weighted by molar-refractivity contribution is -0.118. The van der Waals surface area contributed by atoms with Crippen molar-refractivity contribution in [3.63, 3.8) is 0 Å². The number of hydrogen-bond acceptors (Lipinski definition) is 6. The van der Waals surface area contributed by atoms with Gasteiger partial charge in [0, 0.05) is 17.3 Å². The molecule has 1 aromatic heterocycles. The van der Waals surface area contributed by atoms with Crippen LogP contribution in [0.15, 0.2) is 71.1 Å². The Morgan fingerprint density at radius 3 is 2.27 bits per heavy atom. The quantitative estimate of drug-likeness (QED) is 0.487. The van der Waals surface area contributed by atoms with E-state index >= 15 is 0 Å². The number of nitrogens with one attached hydrogen (secondary N) is 1. The van der Waals surface area contributed by atoms with E-state index in [9.17, 15) is 4.79 Å². The van der Waals surface area contributed by atoms with E-state index in [2.05, 4.69) is 10.3 Å². The monoisotopic (exact) mass is 404 g/mol. The van der Waals surface area contributed by atoms with Crippen LogP contribution in [0.1, 0.15) is 0 Å². The molecule has 0 radical (unpaired) electrons. The summed E-state index contributed by atoms with van der Waals surface area (Å²) < 4.78 is 21.6.